The van der Waals surface area contributed by atoms with Crippen molar-refractivity contribution in [3.63, 3.8) is 0 Å². The minimum Gasteiger partial charge on any atom is -0.371 e. The largest absolute Gasteiger partial charge is 0.371 e. The smallest absolute Gasteiger partial charge is 0.239 e. The SMILES string of the molecule is C[C@](Br)(CBr)C(=O)N[C@@H](O)C(Cl)Cl. The summed E-state index contributed by atoms with van der Waals surface area (Å²) < 4.78 is -0.781. The second-order valence-electron chi connectivity index (χ2n) is 2.58. The van der Waals surface area contributed by atoms with Crippen LogP contribution >= 0.6 is 55.1 Å². The fraction of sp³-hybridized carbons (Fsp3) is 0.833. The molecule has 2 N–H and O–H groups in total. The molecule has 0 rings (SSSR count). The van der Waals surface area contributed by atoms with E-state index in [1.807, 2.05) is 0 Å². The highest BCUT2D eigenvalue weighted by atomic mass is 79.9. The van der Waals surface area contributed by atoms with Gasteiger partial charge in [0.1, 0.15) is 4.32 Å². The first-order valence-electron chi connectivity index (χ1n) is 3.33. The van der Waals surface area contributed by atoms with Crippen LogP contribution in [0.25, 0.3) is 0 Å². The van der Waals surface area contributed by atoms with Gasteiger partial charge < -0.3 is 10.4 Å². The van der Waals surface area contributed by atoms with Crippen molar-refractivity contribution >= 4 is 61.0 Å². The lowest BCUT2D eigenvalue weighted by Gasteiger charge is -2.21. The summed E-state index contributed by atoms with van der Waals surface area (Å²) in [4.78, 5) is 10.3. The van der Waals surface area contributed by atoms with Crippen LogP contribution in [0.1, 0.15) is 6.92 Å². The van der Waals surface area contributed by atoms with Gasteiger partial charge in [-0.1, -0.05) is 31.9 Å². The quantitative estimate of drug-likeness (QED) is 0.595. The monoisotopic (exact) mass is 355 g/mol. The number of rotatable bonds is 4. The van der Waals surface area contributed by atoms with E-state index < -0.39 is 15.4 Å². The number of halogens is 4. The lowest BCUT2D eigenvalue weighted by molar-refractivity contribution is -0.125. The number of hydrogen-bond acceptors (Lipinski definition) is 2. The Bertz CT molecular complexity index is 189. The first kappa shape index (κ1) is 14.0. The third kappa shape index (κ3) is 4.83. The Labute approximate surface area is 103 Å². The fourth-order valence-corrected chi connectivity index (χ4v) is 0.904. The van der Waals surface area contributed by atoms with Gasteiger partial charge in [-0.25, -0.2) is 0 Å². The molecular formula is C6H9Br2Cl2NO2. The molecule has 0 radical (unpaired) electrons. The van der Waals surface area contributed by atoms with E-state index in [-0.39, 0.29) is 5.91 Å². The van der Waals surface area contributed by atoms with Crippen molar-refractivity contribution in [2.24, 2.45) is 0 Å². The summed E-state index contributed by atoms with van der Waals surface area (Å²) >= 11 is 17.0. The molecule has 0 aliphatic rings. The molecule has 0 saturated carbocycles. The second kappa shape index (κ2) is 5.75. The molecule has 0 aliphatic carbocycles. The molecule has 0 spiro atoms. The minimum atomic E-state index is -1.26. The molecule has 3 nitrogen and oxygen atoms in total. The molecular weight excluding hydrogens is 349 g/mol. The summed E-state index contributed by atoms with van der Waals surface area (Å²) in [7, 11) is 0. The summed E-state index contributed by atoms with van der Waals surface area (Å²) in [5, 5.41) is 11.8. The normalized spacial score (nSPS) is 18.1. The van der Waals surface area contributed by atoms with Gasteiger partial charge >= 0.3 is 0 Å². The van der Waals surface area contributed by atoms with E-state index in [2.05, 4.69) is 37.2 Å². The highest BCUT2D eigenvalue weighted by molar-refractivity contribution is 9.12. The van der Waals surface area contributed by atoms with Gasteiger partial charge in [-0.15, -0.1) is 23.2 Å². The predicted octanol–water partition coefficient (Wildman–Crippen LogP) is 1.77. The van der Waals surface area contributed by atoms with E-state index in [4.69, 9.17) is 28.3 Å². The lowest BCUT2D eigenvalue weighted by atomic mass is 10.2. The molecule has 0 heterocycles. The molecule has 1 amide bonds. The van der Waals surface area contributed by atoms with E-state index in [0.29, 0.717) is 5.33 Å². The van der Waals surface area contributed by atoms with Gasteiger partial charge in [-0.2, -0.15) is 0 Å². The van der Waals surface area contributed by atoms with Crippen LogP contribution in [-0.4, -0.2) is 31.7 Å². The Balaban J connectivity index is 4.15. The number of aliphatic hydroxyl groups excluding tert-OH is 1. The van der Waals surface area contributed by atoms with Crippen LogP contribution in [0.4, 0.5) is 0 Å². The number of carbonyl (C=O) groups is 1. The third-order valence-electron chi connectivity index (χ3n) is 1.24. The zero-order chi connectivity index (χ0) is 10.6. The van der Waals surface area contributed by atoms with Crippen LogP contribution in [0.3, 0.4) is 0 Å². The summed E-state index contributed by atoms with van der Waals surface area (Å²) in [6, 6.07) is 0. The Morgan fingerprint density at radius 3 is 2.46 bits per heavy atom. The van der Waals surface area contributed by atoms with Crippen molar-refractivity contribution in [1.29, 1.82) is 0 Å². The van der Waals surface area contributed by atoms with Crippen molar-refractivity contribution < 1.29 is 9.90 Å². The fourth-order valence-electron chi connectivity index (χ4n) is 0.408. The van der Waals surface area contributed by atoms with Gasteiger partial charge in [0.05, 0.1) is 0 Å². The maximum atomic E-state index is 11.3. The topological polar surface area (TPSA) is 49.3 Å². The maximum absolute atomic E-state index is 11.3. The first-order chi connectivity index (χ1) is 5.81. The van der Waals surface area contributed by atoms with Crippen LogP contribution in [0.5, 0.6) is 0 Å². The molecule has 78 valence electrons. The number of aliphatic hydroxyl groups is 1. The van der Waals surface area contributed by atoms with Crippen molar-refractivity contribution in [2.45, 2.75) is 22.3 Å². The molecule has 0 aliphatic heterocycles. The summed E-state index contributed by atoms with van der Waals surface area (Å²) in [6.45, 7) is 1.65. The van der Waals surface area contributed by atoms with Crippen LogP contribution in [0.2, 0.25) is 0 Å². The molecule has 0 unspecified atom stereocenters. The van der Waals surface area contributed by atoms with Crippen LogP contribution in [0, 0.1) is 0 Å². The molecule has 0 aromatic heterocycles. The standard InChI is InChI=1S/C6H9Br2Cl2NO2/c1-6(8,2-7)5(13)11-4(12)3(9)10/h3-4,12H,2H2,1H3,(H,11,13)/t4-,6-/m0/s1. The van der Waals surface area contributed by atoms with Crippen LogP contribution in [-0.2, 0) is 4.79 Å². The molecule has 0 bridgehead atoms. The Hall–Kier alpha value is 0.970. The van der Waals surface area contributed by atoms with E-state index in [1.165, 1.54) is 0 Å². The van der Waals surface area contributed by atoms with Crippen molar-refractivity contribution in [3.05, 3.63) is 0 Å². The van der Waals surface area contributed by atoms with Gasteiger partial charge in [-0.3, -0.25) is 4.79 Å². The highest BCUT2D eigenvalue weighted by Crippen LogP contribution is 2.20. The lowest BCUT2D eigenvalue weighted by Crippen LogP contribution is -2.48. The number of alkyl halides is 4. The zero-order valence-electron chi connectivity index (χ0n) is 6.73. The molecule has 0 aromatic rings. The third-order valence-corrected chi connectivity index (χ3v) is 4.23. The van der Waals surface area contributed by atoms with Crippen molar-refractivity contribution in [1.82, 2.24) is 5.32 Å². The molecule has 0 aromatic carbocycles. The van der Waals surface area contributed by atoms with Gasteiger partial charge in [-0.05, 0) is 6.92 Å². The Kier molecular flexibility index (Phi) is 6.18. The average Bonchev–Trinajstić information content (AvgIpc) is 2.04. The number of hydrogen-bond donors (Lipinski definition) is 2. The number of carbonyl (C=O) groups excluding carboxylic acids is 1. The van der Waals surface area contributed by atoms with Crippen LogP contribution in [0.15, 0.2) is 0 Å². The van der Waals surface area contributed by atoms with E-state index in [1.54, 1.807) is 6.92 Å². The first-order valence-corrected chi connectivity index (χ1v) is 6.12. The predicted molar refractivity (Wildman–Crippen MR) is 60.8 cm³/mol. The van der Waals surface area contributed by atoms with Gasteiger partial charge in [0.15, 0.2) is 11.1 Å². The summed E-state index contributed by atoms with van der Waals surface area (Å²) in [5.74, 6) is -0.386. The zero-order valence-corrected chi connectivity index (χ0v) is 11.4. The van der Waals surface area contributed by atoms with Crippen LogP contribution < -0.4 is 5.32 Å². The number of nitrogens with one attached hydrogen (secondary N) is 1. The maximum Gasteiger partial charge on any atom is 0.239 e. The molecule has 0 fully saturated rings. The van der Waals surface area contributed by atoms with Gasteiger partial charge in [0.25, 0.3) is 0 Å². The highest BCUT2D eigenvalue weighted by Gasteiger charge is 2.30. The number of amides is 1. The van der Waals surface area contributed by atoms with Crippen molar-refractivity contribution in [2.75, 3.05) is 5.33 Å². The molecule has 0 saturated heterocycles. The van der Waals surface area contributed by atoms with Crippen molar-refractivity contribution in [3.8, 4) is 0 Å². The van der Waals surface area contributed by atoms with E-state index >= 15 is 0 Å². The summed E-state index contributed by atoms with van der Waals surface area (Å²) in [6.07, 6.45) is -1.26. The minimum absolute atomic E-state index is 0.386. The van der Waals surface area contributed by atoms with E-state index in [0.717, 1.165) is 0 Å². The van der Waals surface area contributed by atoms with E-state index in [9.17, 15) is 4.79 Å². The Morgan fingerprint density at radius 1 is 1.69 bits per heavy atom. The van der Waals surface area contributed by atoms with Gasteiger partial charge in [0, 0.05) is 5.33 Å². The van der Waals surface area contributed by atoms with Gasteiger partial charge in [0.2, 0.25) is 5.91 Å². The molecule has 13 heavy (non-hydrogen) atoms. The second-order valence-corrected chi connectivity index (χ2v) is 6.06. The Morgan fingerprint density at radius 2 is 2.15 bits per heavy atom. The average molecular weight is 358 g/mol. The summed E-state index contributed by atoms with van der Waals surface area (Å²) in [5.41, 5.74) is 0. The molecule has 2 atom stereocenters. The molecule has 7 heteroatoms.